The van der Waals surface area contributed by atoms with Crippen LogP contribution in [-0.2, 0) is 11.3 Å². The van der Waals surface area contributed by atoms with Crippen LogP contribution in [0.3, 0.4) is 0 Å². The Hall–Kier alpha value is -0.0300. The van der Waals surface area contributed by atoms with E-state index in [-0.39, 0.29) is 0 Å². The molecule has 1 aromatic rings. The van der Waals surface area contributed by atoms with E-state index >= 15 is 0 Å². The Morgan fingerprint density at radius 1 is 1.50 bits per heavy atom. The van der Waals surface area contributed by atoms with Gasteiger partial charge in [-0.05, 0) is 30.5 Å². The van der Waals surface area contributed by atoms with Crippen molar-refractivity contribution in [1.82, 2.24) is 0 Å². The molecule has 1 unspecified atom stereocenters. The Morgan fingerprint density at radius 3 is 3.06 bits per heavy atom. The Labute approximate surface area is 109 Å². The molecular weight excluding hydrogens is 286 g/mol. The average Bonchev–Trinajstić information content (AvgIpc) is 2.79. The zero-order valence-electron chi connectivity index (χ0n) is 9.12. The third kappa shape index (κ3) is 3.23. The Bertz CT molecular complexity index is 353. The normalized spacial score (nSPS) is 20.2. The Morgan fingerprint density at radius 2 is 2.38 bits per heavy atom. The maximum absolute atomic E-state index is 5.72. The van der Waals surface area contributed by atoms with Crippen molar-refractivity contribution in [2.75, 3.05) is 12.4 Å². The Balaban J connectivity index is 1.98. The molecule has 0 aliphatic carbocycles. The van der Waals surface area contributed by atoms with Crippen LogP contribution >= 0.6 is 27.7 Å². The highest BCUT2D eigenvalue weighted by Crippen LogP contribution is 2.29. The second-order valence-electron chi connectivity index (χ2n) is 3.90. The molecular formula is C12H16BrNOS. The number of thioether (sulfide) groups is 1. The van der Waals surface area contributed by atoms with E-state index in [4.69, 9.17) is 10.5 Å². The Kier molecular flexibility index (Phi) is 4.70. The summed E-state index contributed by atoms with van der Waals surface area (Å²) >= 11 is 5.34. The van der Waals surface area contributed by atoms with Gasteiger partial charge in [0.25, 0.3) is 0 Å². The van der Waals surface area contributed by atoms with Crippen molar-refractivity contribution in [2.45, 2.75) is 30.4 Å². The summed E-state index contributed by atoms with van der Waals surface area (Å²) in [5, 5.41) is 0. The molecule has 0 radical (unpaired) electrons. The third-order valence-electron chi connectivity index (χ3n) is 2.70. The topological polar surface area (TPSA) is 35.2 Å². The summed E-state index contributed by atoms with van der Waals surface area (Å²) in [6.07, 6.45) is 2.82. The summed E-state index contributed by atoms with van der Waals surface area (Å²) in [5.74, 6) is 1.03. The van der Waals surface area contributed by atoms with Crippen LogP contribution in [-0.4, -0.2) is 18.5 Å². The molecule has 1 heterocycles. The quantitative estimate of drug-likeness (QED) is 0.868. The monoisotopic (exact) mass is 301 g/mol. The van der Waals surface area contributed by atoms with Crippen molar-refractivity contribution in [1.29, 1.82) is 0 Å². The van der Waals surface area contributed by atoms with E-state index < -0.39 is 0 Å². The summed E-state index contributed by atoms with van der Waals surface area (Å²) < 4.78 is 6.73. The average molecular weight is 302 g/mol. The van der Waals surface area contributed by atoms with Gasteiger partial charge in [-0.3, -0.25) is 0 Å². The summed E-state index contributed by atoms with van der Waals surface area (Å²) in [4.78, 5) is 1.27. The molecule has 1 saturated heterocycles. The molecule has 1 aliphatic rings. The SMILES string of the molecule is NCc1ccc(Br)cc1SCC1CCCO1. The number of nitrogens with two attached hydrogens (primary N) is 1. The summed E-state index contributed by atoms with van der Waals surface area (Å²) in [6.45, 7) is 1.52. The minimum Gasteiger partial charge on any atom is -0.377 e. The highest BCUT2D eigenvalue weighted by molar-refractivity contribution is 9.10. The van der Waals surface area contributed by atoms with Gasteiger partial charge in [0.1, 0.15) is 0 Å². The zero-order valence-corrected chi connectivity index (χ0v) is 11.5. The number of benzene rings is 1. The van der Waals surface area contributed by atoms with Gasteiger partial charge in [-0.25, -0.2) is 0 Å². The highest BCUT2D eigenvalue weighted by atomic mass is 79.9. The van der Waals surface area contributed by atoms with E-state index in [1.165, 1.54) is 23.3 Å². The van der Waals surface area contributed by atoms with Gasteiger partial charge >= 0.3 is 0 Å². The van der Waals surface area contributed by atoms with Gasteiger partial charge in [0.15, 0.2) is 0 Å². The fourth-order valence-corrected chi connectivity index (χ4v) is 3.48. The molecule has 16 heavy (non-hydrogen) atoms. The van der Waals surface area contributed by atoms with Gasteiger partial charge in [0.2, 0.25) is 0 Å². The van der Waals surface area contributed by atoms with Crippen molar-refractivity contribution in [2.24, 2.45) is 5.73 Å². The maximum Gasteiger partial charge on any atom is 0.0669 e. The van der Waals surface area contributed by atoms with Crippen LogP contribution in [0.2, 0.25) is 0 Å². The van der Waals surface area contributed by atoms with Crippen LogP contribution in [0.1, 0.15) is 18.4 Å². The fraction of sp³-hybridized carbons (Fsp3) is 0.500. The van der Waals surface area contributed by atoms with Gasteiger partial charge in [-0.1, -0.05) is 22.0 Å². The third-order valence-corrected chi connectivity index (χ3v) is 4.42. The number of ether oxygens (including phenoxy) is 1. The first kappa shape index (κ1) is 12.4. The largest absolute Gasteiger partial charge is 0.377 e. The van der Waals surface area contributed by atoms with Crippen LogP contribution < -0.4 is 5.73 Å². The predicted molar refractivity (Wildman–Crippen MR) is 71.7 cm³/mol. The van der Waals surface area contributed by atoms with Gasteiger partial charge in [-0.2, -0.15) is 0 Å². The molecule has 2 rings (SSSR count). The smallest absolute Gasteiger partial charge is 0.0669 e. The van der Waals surface area contributed by atoms with E-state index in [1.54, 1.807) is 0 Å². The van der Waals surface area contributed by atoms with Crippen LogP contribution in [0.4, 0.5) is 0 Å². The van der Waals surface area contributed by atoms with Gasteiger partial charge in [0.05, 0.1) is 6.10 Å². The highest BCUT2D eigenvalue weighted by Gasteiger charge is 2.16. The minimum atomic E-state index is 0.426. The molecule has 0 bridgehead atoms. The van der Waals surface area contributed by atoms with Crippen molar-refractivity contribution in [3.8, 4) is 0 Å². The number of rotatable bonds is 4. The molecule has 1 aromatic carbocycles. The molecule has 0 amide bonds. The van der Waals surface area contributed by atoms with E-state index in [1.807, 2.05) is 17.8 Å². The first-order valence-corrected chi connectivity index (χ1v) is 7.30. The molecule has 0 spiro atoms. The number of hydrogen-bond acceptors (Lipinski definition) is 3. The molecule has 0 saturated carbocycles. The van der Waals surface area contributed by atoms with Gasteiger partial charge in [-0.15, -0.1) is 11.8 Å². The first-order valence-electron chi connectivity index (χ1n) is 5.52. The van der Waals surface area contributed by atoms with Crippen LogP contribution in [0.5, 0.6) is 0 Å². The van der Waals surface area contributed by atoms with E-state index in [0.717, 1.165) is 16.8 Å². The van der Waals surface area contributed by atoms with Crippen LogP contribution in [0.25, 0.3) is 0 Å². The number of hydrogen-bond donors (Lipinski definition) is 1. The molecule has 1 fully saturated rings. The van der Waals surface area contributed by atoms with E-state index in [9.17, 15) is 0 Å². The van der Waals surface area contributed by atoms with E-state index in [2.05, 4.69) is 28.1 Å². The lowest BCUT2D eigenvalue weighted by Crippen LogP contribution is -2.08. The van der Waals surface area contributed by atoms with Crippen molar-refractivity contribution in [3.05, 3.63) is 28.2 Å². The number of halogens is 1. The standard InChI is InChI=1S/C12H16BrNOS/c13-10-4-3-9(7-14)12(6-10)16-8-11-2-1-5-15-11/h3-4,6,11H,1-2,5,7-8,14H2. The summed E-state index contributed by atoms with van der Waals surface area (Å²) in [6, 6.07) is 6.27. The molecule has 2 nitrogen and oxygen atoms in total. The van der Waals surface area contributed by atoms with E-state index in [0.29, 0.717) is 12.6 Å². The molecule has 2 N–H and O–H groups in total. The first-order chi connectivity index (χ1) is 7.79. The fourth-order valence-electron chi connectivity index (χ4n) is 1.79. The summed E-state index contributed by atoms with van der Waals surface area (Å²) in [7, 11) is 0. The van der Waals surface area contributed by atoms with Crippen LogP contribution in [0, 0.1) is 0 Å². The maximum atomic E-state index is 5.72. The summed E-state index contributed by atoms with van der Waals surface area (Å²) in [5.41, 5.74) is 6.94. The molecule has 1 atom stereocenters. The van der Waals surface area contributed by atoms with Crippen LogP contribution in [0.15, 0.2) is 27.6 Å². The molecule has 0 aromatic heterocycles. The second kappa shape index (κ2) is 6.05. The lowest BCUT2D eigenvalue weighted by Gasteiger charge is -2.11. The minimum absolute atomic E-state index is 0.426. The van der Waals surface area contributed by atoms with Crippen molar-refractivity contribution < 1.29 is 4.74 Å². The zero-order chi connectivity index (χ0) is 11.4. The molecule has 88 valence electrons. The molecule has 1 aliphatic heterocycles. The van der Waals surface area contributed by atoms with Crippen molar-refractivity contribution >= 4 is 27.7 Å². The lowest BCUT2D eigenvalue weighted by molar-refractivity contribution is 0.129. The second-order valence-corrected chi connectivity index (χ2v) is 5.88. The lowest BCUT2D eigenvalue weighted by atomic mass is 10.2. The molecule has 4 heteroatoms. The van der Waals surface area contributed by atoms with Gasteiger partial charge < -0.3 is 10.5 Å². The predicted octanol–water partition coefficient (Wildman–Crippen LogP) is 3.18. The van der Waals surface area contributed by atoms with Gasteiger partial charge in [0, 0.05) is 28.3 Å². The van der Waals surface area contributed by atoms with Crippen molar-refractivity contribution in [3.63, 3.8) is 0 Å².